The number of nitro groups is 1. The number of nitrogens with one attached hydrogen (secondary N) is 1. The van der Waals surface area contributed by atoms with Gasteiger partial charge in [0.25, 0.3) is 5.69 Å². The second kappa shape index (κ2) is 4.74. The third kappa shape index (κ3) is 2.22. The molecule has 0 unspecified atom stereocenters. The Bertz CT molecular complexity index is 717. The molecule has 0 aromatic heterocycles. The minimum atomic E-state index is -3.62. The summed E-state index contributed by atoms with van der Waals surface area (Å²) in [6, 6.07) is 4.94. The Balaban J connectivity index is 1.42. The molecule has 1 aromatic rings. The van der Waals surface area contributed by atoms with Crippen molar-refractivity contribution in [2.75, 3.05) is 6.54 Å². The van der Waals surface area contributed by atoms with Gasteiger partial charge in [-0.15, -0.1) is 0 Å². The van der Waals surface area contributed by atoms with Crippen molar-refractivity contribution in [2.24, 2.45) is 17.8 Å². The lowest BCUT2D eigenvalue weighted by molar-refractivity contribution is -0.384. The molecule has 2 saturated carbocycles. The summed E-state index contributed by atoms with van der Waals surface area (Å²) in [7, 11) is -3.62. The van der Waals surface area contributed by atoms with Gasteiger partial charge in [-0.25, -0.2) is 13.1 Å². The number of epoxide rings is 1. The number of fused-ring (bicyclic) bond motifs is 5. The van der Waals surface area contributed by atoms with Gasteiger partial charge in [-0.1, -0.05) is 0 Å². The molecule has 5 atom stereocenters. The molecule has 1 saturated heterocycles. The molecular weight excluding hydrogens is 308 g/mol. The summed E-state index contributed by atoms with van der Waals surface area (Å²) in [5, 5.41) is 10.6. The maximum absolute atomic E-state index is 12.3. The van der Waals surface area contributed by atoms with Crippen molar-refractivity contribution in [2.45, 2.75) is 29.9 Å². The van der Waals surface area contributed by atoms with Crippen LogP contribution in [-0.4, -0.2) is 32.1 Å². The van der Waals surface area contributed by atoms with E-state index in [1.54, 1.807) is 0 Å². The molecule has 1 heterocycles. The van der Waals surface area contributed by atoms with Crippen molar-refractivity contribution in [1.29, 1.82) is 0 Å². The van der Waals surface area contributed by atoms with Crippen LogP contribution in [0.3, 0.4) is 0 Å². The number of rotatable bonds is 5. The number of ether oxygens (including phenoxy) is 1. The highest BCUT2D eigenvalue weighted by molar-refractivity contribution is 7.89. The van der Waals surface area contributed by atoms with Crippen LogP contribution in [-0.2, 0) is 14.8 Å². The number of non-ortho nitro benzene ring substituents is 1. The van der Waals surface area contributed by atoms with Crippen LogP contribution in [0.4, 0.5) is 5.69 Å². The second-order valence-corrected chi connectivity index (χ2v) is 8.09. The van der Waals surface area contributed by atoms with Gasteiger partial charge in [-0.3, -0.25) is 10.1 Å². The van der Waals surface area contributed by atoms with E-state index in [2.05, 4.69) is 4.72 Å². The van der Waals surface area contributed by atoms with Crippen molar-refractivity contribution in [1.82, 2.24) is 4.72 Å². The van der Waals surface area contributed by atoms with E-state index in [0.717, 1.165) is 12.8 Å². The van der Waals surface area contributed by atoms with Crippen molar-refractivity contribution in [3.8, 4) is 0 Å². The quantitative estimate of drug-likeness (QED) is 0.499. The van der Waals surface area contributed by atoms with E-state index >= 15 is 0 Å². The lowest BCUT2D eigenvalue weighted by Gasteiger charge is -2.19. The van der Waals surface area contributed by atoms with Crippen LogP contribution < -0.4 is 4.72 Å². The molecule has 1 N–H and O–H groups in total. The highest BCUT2D eigenvalue weighted by atomic mass is 32.2. The van der Waals surface area contributed by atoms with Crippen molar-refractivity contribution < 1.29 is 18.1 Å². The molecule has 1 aliphatic heterocycles. The zero-order valence-corrected chi connectivity index (χ0v) is 12.5. The molecule has 0 amide bonds. The highest BCUT2D eigenvalue weighted by Gasteiger charge is 2.62. The van der Waals surface area contributed by atoms with E-state index in [-0.39, 0.29) is 10.6 Å². The first-order valence-electron chi connectivity index (χ1n) is 7.35. The maximum atomic E-state index is 12.3. The summed E-state index contributed by atoms with van der Waals surface area (Å²) < 4.78 is 32.7. The van der Waals surface area contributed by atoms with E-state index < -0.39 is 14.9 Å². The number of nitro benzene ring substituents is 1. The van der Waals surface area contributed by atoms with Gasteiger partial charge < -0.3 is 4.74 Å². The largest absolute Gasteiger partial charge is 0.369 e. The molecule has 0 spiro atoms. The normalized spacial score (nSPS) is 35.4. The molecule has 2 aliphatic carbocycles. The van der Waals surface area contributed by atoms with Crippen LogP contribution in [0.1, 0.15) is 12.8 Å². The minimum absolute atomic E-state index is 0.0572. The molecular formula is C14H16N2O5S. The second-order valence-electron chi connectivity index (χ2n) is 6.32. The molecule has 3 aliphatic rings. The Kier molecular flexibility index (Phi) is 3.04. The number of benzene rings is 1. The third-order valence-corrected chi connectivity index (χ3v) is 6.57. The number of nitrogens with zero attached hydrogens (tertiary/aromatic N) is 1. The fourth-order valence-electron chi connectivity index (χ4n) is 4.01. The molecule has 118 valence electrons. The van der Waals surface area contributed by atoms with Crippen LogP contribution in [0, 0.1) is 27.9 Å². The average molecular weight is 324 g/mol. The Morgan fingerprint density at radius 3 is 2.55 bits per heavy atom. The van der Waals surface area contributed by atoms with Crippen LogP contribution in [0.25, 0.3) is 0 Å². The fourth-order valence-corrected chi connectivity index (χ4v) is 5.11. The van der Waals surface area contributed by atoms with Crippen LogP contribution in [0.2, 0.25) is 0 Å². The van der Waals surface area contributed by atoms with Crippen molar-refractivity contribution >= 4 is 15.7 Å². The number of hydrogen-bond acceptors (Lipinski definition) is 5. The molecule has 3 fully saturated rings. The lowest BCUT2D eigenvalue weighted by atomic mass is 9.89. The smallest absolute Gasteiger partial charge is 0.269 e. The van der Waals surface area contributed by atoms with Crippen molar-refractivity contribution in [3.63, 3.8) is 0 Å². The predicted octanol–water partition coefficient (Wildman–Crippen LogP) is 1.30. The highest BCUT2D eigenvalue weighted by Crippen LogP contribution is 2.58. The van der Waals surface area contributed by atoms with Gasteiger partial charge in [0.05, 0.1) is 22.0 Å². The van der Waals surface area contributed by atoms with Gasteiger partial charge >= 0.3 is 0 Å². The predicted molar refractivity (Wildman–Crippen MR) is 76.6 cm³/mol. The van der Waals surface area contributed by atoms with Crippen LogP contribution in [0.15, 0.2) is 29.2 Å². The molecule has 0 radical (unpaired) electrons. The summed E-state index contributed by atoms with van der Waals surface area (Å²) in [6.45, 7) is 0.410. The average Bonchev–Trinajstić information content (AvgIpc) is 3.11. The summed E-state index contributed by atoms with van der Waals surface area (Å²) in [5.41, 5.74) is -0.121. The van der Waals surface area contributed by atoms with E-state index in [9.17, 15) is 18.5 Å². The molecule has 22 heavy (non-hydrogen) atoms. The Morgan fingerprint density at radius 2 is 1.95 bits per heavy atom. The molecule has 8 heteroatoms. The summed E-state index contributed by atoms with van der Waals surface area (Å²) >= 11 is 0. The number of sulfonamides is 1. The monoisotopic (exact) mass is 324 g/mol. The lowest BCUT2D eigenvalue weighted by Crippen LogP contribution is -2.33. The SMILES string of the molecule is O=[N+]([O-])c1ccc(S(=O)(=O)NC[C@@H]2C[C@@H]3C[C@H]2[C@H]2O[C@@H]32)cc1. The van der Waals surface area contributed by atoms with E-state index in [1.165, 1.54) is 24.3 Å². The van der Waals surface area contributed by atoms with E-state index in [1.807, 2.05) is 0 Å². The van der Waals surface area contributed by atoms with E-state index in [0.29, 0.717) is 36.5 Å². The first-order valence-corrected chi connectivity index (χ1v) is 8.83. The fraction of sp³-hybridized carbons (Fsp3) is 0.571. The van der Waals surface area contributed by atoms with Crippen molar-refractivity contribution in [3.05, 3.63) is 34.4 Å². The van der Waals surface area contributed by atoms with Crippen LogP contribution >= 0.6 is 0 Å². The van der Waals surface area contributed by atoms with Crippen LogP contribution in [0.5, 0.6) is 0 Å². The zero-order valence-electron chi connectivity index (χ0n) is 11.7. The summed E-state index contributed by atoms with van der Waals surface area (Å²) in [5.74, 6) is 1.42. The Morgan fingerprint density at radius 1 is 1.23 bits per heavy atom. The molecule has 2 bridgehead atoms. The zero-order chi connectivity index (χ0) is 15.5. The summed E-state index contributed by atoms with van der Waals surface area (Å²) in [6.07, 6.45) is 2.97. The van der Waals surface area contributed by atoms with Gasteiger partial charge in [-0.2, -0.15) is 0 Å². The maximum Gasteiger partial charge on any atom is 0.269 e. The van der Waals surface area contributed by atoms with Gasteiger partial charge in [0.15, 0.2) is 0 Å². The van der Waals surface area contributed by atoms with E-state index in [4.69, 9.17) is 4.74 Å². The third-order valence-electron chi connectivity index (χ3n) is 5.13. The topological polar surface area (TPSA) is 102 Å². The van der Waals surface area contributed by atoms with Gasteiger partial charge in [-0.05, 0) is 42.7 Å². The minimum Gasteiger partial charge on any atom is -0.369 e. The molecule has 7 nitrogen and oxygen atoms in total. The Labute approximate surface area is 127 Å². The van der Waals surface area contributed by atoms with Gasteiger partial charge in [0.1, 0.15) is 0 Å². The first-order chi connectivity index (χ1) is 10.5. The molecule has 1 aromatic carbocycles. The molecule has 4 rings (SSSR count). The number of hydrogen-bond donors (Lipinski definition) is 1. The first kappa shape index (κ1) is 14.1. The Hall–Kier alpha value is -1.51. The standard InChI is InChI=1S/C14H16N2O5S/c17-16(18)10-1-3-11(4-2-10)22(19,20)15-7-9-5-8-6-12(9)14-13(8)21-14/h1-4,8-9,12-15H,5-7H2/t8-,9+,12-,13+,14-/m1/s1. The van der Waals surface area contributed by atoms with Gasteiger partial charge in [0.2, 0.25) is 10.0 Å². The van der Waals surface area contributed by atoms with Gasteiger partial charge in [0, 0.05) is 18.7 Å². The summed E-state index contributed by atoms with van der Waals surface area (Å²) in [4.78, 5) is 10.1.